The second kappa shape index (κ2) is 29.9. The standard InChI is InChI=1S/C47H66BF9NO3.C7H4F3/c1-5-9-10-11-12-13-14-15-16-17-18-19-20-21-22-23-24-25-43(58(6-2,7-3)8-4)42-36-39(47(55,56)57)30-35-44(42)61-48(59-40-31-26-37(27-32-40)45(49,50)51)60-41-33-28-38(29-34-41)46(52,53)54;8-7(9,10)6-4-2-1-3-5-6/h26-36,43H,5-25H2,1-4H3;2-5H/q+1;-1. The Kier molecular flexibility index (Phi) is 25.5. The van der Waals surface area contributed by atoms with E-state index in [1.807, 2.05) is 20.8 Å². The van der Waals surface area contributed by atoms with E-state index in [0.717, 1.165) is 105 Å². The van der Waals surface area contributed by atoms with Crippen LogP contribution in [0.4, 0.5) is 52.7 Å². The quantitative estimate of drug-likeness (QED) is 0.0178. The lowest BCUT2D eigenvalue weighted by Crippen LogP contribution is -2.50. The summed E-state index contributed by atoms with van der Waals surface area (Å²) < 4.78 is 177. The summed E-state index contributed by atoms with van der Waals surface area (Å²) in [6, 6.07) is 16.8. The topological polar surface area (TPSA) is 27.7 Å². The summed E-state index contributed by atoms with van der Waals surface area (Å²) in [6.45, 7) is 10.0. The van der Waals surface area contributed by atoms with Gasteiger partial charge in [-0.3, -0.25) is 0 Å². The predicted octanol–water partition coefficient (Wildman–Crippen LogP) is 18.7. The fourth-order valence-electron chi connectivity index (χ4n) is 8.63. The zero-order valence-corrected chi connectivity index (χ0v) is 41.4. The van der Waals surface area contributed by atoms with Crippen molar-refractivity contribution in [3.05, 3.63) is 125 Å². The highest BCUT2D eigenvalue weighted by Crippen LogP contribution is 2.42. The lowest BCUT2D eigenvalue weighted by Gasteiger charge is -2.44. The molecule has 0 saturated carbocycles. The Hall–Kier alpha value is -4.54. The van der Waals surface area contributed by atoms with E-state index in [9.17, 15) is 52.7 Å². The van der Waals surface area contributed by atoms with Gasteiger partial charge in [-0.1, -0.05) is 115 Å². The highest BCUT2D eigenvalue weighted by molar-refractivity contribution is 6.39. The molecule has 0 aromatic heterocycles. The largest absolute Gasteiger partial charge is 0.864 e. The third-order valence-electron chi connectivity index (χ3n) is 12.9. The van der Waals surface area contributed by atoms with Crippen LogP contribution in [0.5, 0.6) is 17.2 Å². The molecule has 0 heterocycles. The zero-order valence-electron chi connectivity index (χ0n) is 41.4. The first-order valence-corrected chi connectivity index (χ1v) is 25.0. The van der Waals surface area contributed by atoms with Crippen molar-refractivity contribution in [1.82, 2.24) is 0 Å². The minimum Gasteiger partial charge on any atom is -0.490 e. The van der Waals surface area contributed by atoms with Crippen LogP contribution < -0.4 is 14.0 Å². The van der Waals surface area contributed by atoms with Crippen LogP contribution in [0.25, 0.3) is 0 Å². The molecule has 1 atom stereocenters. The predicted molar refractivity (Wildman–Crippen MR) is 256 cm³/mol. The summed E-state index contributed by atoms with van der Waals surface area (Å²) in [5.41, 5.74) is -3.16. The van der Waals surface area contributed by atoms with Gasteiger partial charge < -0.3 is 18.4 Å². The molecule has 4 aromatic carbocycles. The lowest BCUT2D eigenvalue weighted by molar-refractivity contribution is -0.953. The normalized spacial score (nSPS) is 12.8. The van der Waals surface area contributed by atoms with Gasteiger partial charge >= 0.3 is 32.0 Å². The van der Waals surface area contributed by atoms with E-state index < -0.39 is 60.3 Å². The molecule has 1 unspecified atom stereocenters. The second-order valence-electron chi connectivity index (χ2n) is 17.9. The Balaban J connectivity index is 0.00000118. The van der Waals surface area contributed by atoms with E-state index >= 15 is 0 Å². The van der Waals surface area contributed by atoms with Gasteiger partial charge in [-0.15, -0.1) is 0 Å². The minimum atomic E-state index is -4.68. The van der Waals surface area contributed by atoms with Crippen LogP contribution >= 0.6 is 0 Å². The average Bonchev–Trinajstić information content (AvgIpc) is 3.32. The van der Waals surface area contributed by atoms with Crippen LogP contribution in [0.3, 0.4) is 0 Å². The van der Waals surface area contributed by atoms with Crippen molar-refractivity contribution in [2.45, 2.75) is 174 Å². The van der Waals surface area contributed by atoms with Crippen molar-refractivity contribution in [2.75, 3.05) is 19.6 Å². The summed E-state index contributed by atoms with van der Waals surface area (Å²) in [6.07, 6.45) is 2.85. The molecular weight excluding hydrogens is 949 g/mol. The van der Waals surface area contributed by atoms with Crippen molar-refractivity contribution in [3.8, 4) is 17.2 Å². The molecule has 0 aliphatic heterocycles. The van der Waals surface area contributed by atoms with Gasteiger partial charge in [0.1, 0.15) is 23.3 Å². The van der Waals surface area contributed by atoms with Crippen LogP contribution in [0.1, 0.15) is 177 Å². The third-order valence-corrected chi connectivity index (χ3v) is 12.9. The van der Waals surface area contributed by atoms with Crippen molar-refractivity contribution < 1.29 is 71.1 Å². The minimum absolute atomic E-state index is 0.00773. The van der Waals surface area contributed by atoms with E-state index in [0.29, 0.717) is 30.5 Å². The van der Waals surface area contributed by atoms with Crippen LogP contribution in [0.15, 0.2) is 91.0 Å². The maximum Gasteiger partial charge on any atom is 0.864 e. The maximum absolute atomic E-state index is 14.3. The molecular formula is C54H70BF12NO3. The summed E-state index contributed by atoms with van der Waals surface area (Å²) in [7, 11) is -1.82. The molecule has 71 heavy (non-hydrogen) atoms. The van der Waals surface area contributed by atoms with Crippen molar-refractivity contribution in [3.63, 3.8) is 0 Å². The molecule has 4 rings (SSSR count). The summed E-state index contributed by atoms with van der Waals surface area (Å²) in [5, 5.41) is 0. The van der Waals surface area contributed by atoms with E-state index in [-0.39, 0.29) is 22.8 Å². The fraction of sp³-hybridized carbons (Fsp3) is 0.556. The number of quaternary nitrogens is 1. The molecule has 4 aromatic rings. The summed E-state index contributed by atoms with van der Waals surface area (Å²) in [4.78, 5) is 0. The number of rotatable bonds is 29. The number of hydrogen-bond acceptors (Lipinski definition) is 3. The molecule has 0 saturated heterocycles. The molecule has 0 aliphatic carbocycles. The van der Waals surface area contributed by atoms with Crippen LogP contribution in [-0.2, 0) is 24.7 Å². The van der Waals surface area contributed by atoms with E-state index in [4.69, 9.17) is 14.0 Å². The first-order valence-electron chi connectivity index (χ1n) is 25.0. The highest BCUT2D eigenvalue weighted by atomic mass is 19.4. The van der Waals surface area contributed by atoms with Gasteiger partial charge in [0.2, 0.25) is 0 Å². The number of benzene rings is 4. The molecule has 0 N–H and O–H groups in total. The summed E-state index contributed by atoms with van der Waals surface area (Å²) >= 11 is 0. The summed E-state index contributed by atoms with van der Waals surface area (Å²) in [5.74, 6) is -0.287. The van der Waals surface area contributed by atoms with Crippen molar-refractivity contribution in [1.29, 1.82) is 0 Å². The van der Waals surface area contributed by atoms with Gasteiger partial charge in [-0.25, -0.2) is 0 Å². The molecule has 17 heteroatoms. The Labute approximate surface area is 413 Å². The highest BCUT2D eigenvalue weighted by Gasteiger charge is 2.41. The van der Waals surface area contributed by atoms with Gasteiger partial charge in [0, 0.05) is 6.42 Å². The van der Waals surface area contributed by atoms with Crippen molar-refractivity contribution in [2.24, 2.45) is 0 Å². The van der Waals surface area contributed by atoms with Crippen LogP contribution in [0, 0.1) is 6.07 Å². The zero-order chi connectivity index (χ0) is 52.6. The number of halogens is 12. The second-order valence-corrected chi connectivity index (χ2v) is 17.9. The van der Waals surface area contributed by atoms with E-state index in [1.54, 1.807) is 0 Å². The number of hydrogen-bond donors (Lipinski definition) is 0. The molecule has 0 radical (unpaired) electrons. The smallest absolute Gasteiger partial charge is 0.490 e. The Morgan fingerprint density at radius 1 is 0.423 bits per heavy atom. The van der Waals surface area contributed by atoms with Crippen LogP contribution in [0.2, 0.25) is 0 Å². The molecule has 0 amide bonds. The molecule has 0 bridgehead atoms. The Bertz CT molecular complexity index is 1970. The third kappa shape index (κ3) is 21.6. The number of unbranched alkanes of at least 4 members (excludes halogenated alkanes) is 16. The van der Waals surface area contributed by atoms with E-state index in [1.165, 1.54) is 95.2 Å². The lowest BCUT2D eigenvalue weighted by atomic mass is 9.92. The van der Waals surface area contributed by atoms with Gasteiger partial charge in [0.25, 0.3) is 0 Å². The molecule has 396 valence electrons. The van der Waals surface area contributed by atoms with E-state index in [2.05, 4.69) is 13.0 Å². The number of nitrogens with zero attached hydrogens (tertiary/aromatic N) is 1. The molecule has 0 aliphatic rings. The molecule has 4 nitrogen and oxygen atoms in total. The Morgan fingerprint density at radius 2 is 0.761 bits per heavy atom. The number of alkyl halides is 12. The average molecular weight is 1020 g/mol. The fourth-order valence-corrected chi connectivity index (χ4v) is 8.63. The molecule has 0 spiro atoms. The molecule has 0 fully saturated rings. The van der Waals surface area contributed by atoms with Crippen molar-refractivity contribution >= 4 is 7.32 Å². The maximum atomic E-state index is 14.3. The van der Waals surface area contributed by atoms with Gasteiger partial charge in [-0.2, -0.15) is 83.0 Å². The first-order chi connectivity index (χ1) is 33.6. The first kappa shape index (κ1) is 60.8. The van der Waals surface area contributed by atoms with Gasteiger partial charge in [-0.05, 0) is 93.9 Å². The van der Waals surface area contributed by atoms with Gasteiger partial charge in [0.15, 0.2) is 0 Å². The SMILES string of the molecule is CCCCCCCCCCCCCCCCCCCC(c1cc(C(F)(F)F)ccc1OB(Oc1ccc(C(F)(F)F)cc1)Oc1ccc(C(F)(F)F)cc1)[N+](CC)(CC)CC.FC(F)(F)c1cc[c-]cc1. The van der Waals surface area contributed by atoms with Gasteiger partial charge in [0.05, 0.1) is 41.9 Å². The van der Waals surface area contributed by atoms with Crippen LogP contribution in [-0.4, -0.2) is 31.4 Å². The Morgan fingerprint density at radius 3 is 1.10 bits per heavy atom. The monoisotopic (exact) mass is 1020 g/mol.